The van der Waals surface area contributed by atoms with Gasteiger partial charge in [0.2, 0.25) is 5.78 Å². The highest BCUT2D eigenvalue weighted by Crippen LogP contribution is 2.54. The van der Waals surface area contributed by atoms with E-state index in [-0.39, 0.29) is 29.7 Å². The first-order valence-electron chi connectivity index (χ1n) is 14.7. The first kappa shape index (κ1) is 28.7. The summed E-state index contributed by atoms with van der Waals surface area (Å²) in [7, 11) is 6.91. The van der Waals surface area contributed by atoms with Gasteiger partial charge in [0.15, 0.2) is 11.4 Å². The van der Waals surface area contributed by atoms with Gasteiger partial charge in [-0.05, 0) is 75.6 Å². The lowest BCUT2D eigenvalue weighted by Gasteiger charge is -2.50. The first-order chi connectivity index (χ1) is 19.8. The van der Waals surface area contributed by atoms with Crippen LogP contribution >= 0.6 is 0 Å². The number of nitrogens with zero attached hydrogens (tertiary/aromatic N) is 2. The minimum absolute atomic E-state index is 0.0624. The lowest BCUT2D eigenvalue weighted by atomic mass is 9.57. The summed E-state index contributed by atoms with van der Waals surface area (Å²) < 4.78 is 0. The summed E-state index contributed by atoms with van der Waals surface area (Å²) in [6.45, 7) is 0.387. The van der Waals surface area contributed by atoms with Gasteiger partial charge >= 0.3 is 0 Å². The number of carbonyl (C=O) groups is 3. The molecule has 7 N–H and O–H groups in total. The van der Waals surface area contributed by atoms with Crippen molar-refractivity contribution in [2.75, 3.05) is 33.1 Å². The van der Waals surface area contributed by atoms with Crippen molar-refractivity contribution in [3.63, 3.8) is 0 Å². The SMILES string of the molecule is CN(C)c1cc(CNC2C[C@H]3CC[C@@H]2C3)c(O)c2c1C[C@H]1C[C@H]3[C@H](N(C)C)C(=O)C(C(N)=O)=C(O)[C@@]3(O)C(=O)C1=C2O. The van der Waals surface area contributed by atoms with E-state index in [0.717, 1.165) is 18.0 Å². The molecule has 7 atom stereocenters. The molecule has 2 bridgehead atoms. The third-order valence-electron chi connectivity index (χ3n) is 10.6. The zero-order chi connectivity index (χ0) is 30.4. The van der Waals surface area contributed by atoms with E-state index in [1.807, 2.05) is 25.1 Å². The highest BCUT2D eigenvalue weighted by atomic mass is 16.3. The van der Waals surface area contributed by atoms with Crippen LogP contribution < -0.4 is 16.0 Å². The Morgan fingerprint density at radius 2 is 1.81 bits per heavy atom. The number of hydrogen-bond acceptors (Lipinski definition) is 10. The number of aliphatic hydroxyl groups is 3. The Kier molecular flexibility index (Phi) is 6.71. The molecule has 3 fully saturated rings. The Morgan fingerprint density at radius 1 is 1.10 bits per heavy atom. The van der Waals surface area contributed by atoms with Crippen molar-refractivity contribution >= 4 is 28.9 Å². The number of rotatable bonds is 6. The van der Waals surface area contributed by atoms with E-state index >= 15 is 0 Å². The fourth-order valence-corrected chi connectivity index (χ4v) is 8.62. The number of nitrogens with two attached hydrogens (primary N) is 1. The number of aliphatic hydroxyl groups excluding tert-OH is 2. The minimum atomic E-state index is -2.65. The van der Waals surface area contributed by atoms with E-state index in [2.05, 4.69) is 5.32 Å². The minimum Gasteiger partial charge on any atom is -0.508 e. The fourth-order valence-electron chi connectivity index (χ4n) is 8.62. The number of fused-ring (bicyclic) bond motifs is 5. The molecule has 5 aliphatic carbocycles. The number of nitrogens with one attached hydrogen (secondary N) is 1. The summed E-state index contributed by atoms with van der Waals surface area (Å²) in [5.74, 6) is -5.02. The van der Waals surface area contributed by atoms with Crippen molar-refractivity contribution in [1.82, 2.24) is 10.2 Å². The van der Waals surface area contributed by atoms with E-state index in [1.165, 1.54) is 24.2 Å². The third kappa shape index (κ3) is 3.93. The molecule has 0 heterocycles. The standard InChI is InChI=1S/C31H40N4O7/c1-34(2)20-11-16(12-33-19-8-13-5-6-14(19)7-13)25(36)22-17(20)9-15-10-18-24(35(3)4)27(38)23(30(32)41)29(40)31(18,42)28(39)21(15)26(22)37/h11,13-15,18-19,24,33,36-37,40,42H,5-10,12H2,1-4H3,(H2,32,41)/t13-,14+,15-,18-,19?,24-,31-/m0/s1. The molecule has 1 aromatic carbocycles. The number of Topliss-reactive ketones (excluding diaryl/α,β-unsaturated/α-hetero) is 2. The predicted molar refractivity (Wildman–Crippen MR) is 155 cm³/mol. The molecule has 0 saturated heterocycles. The number of likely N-dealkylation sites (N-methyl/N-ethyl adjacent to an activating group) is 1. The van der Waals surface area contributed by atoms with Crippen molar-refractivity contribution in [1.29, 1.82) is 0 Å². The van der Waals surface area contributed by atoms with Crippen molar-refractivity contribution in [2.45, 2.75) is 62.8 Å². The van der Waals surface area contributed by atoms with Crippen LogP contribution in [0.3, 0.4) is 0 Å². The molecule has 0 radical (unpaired) electrons. The van der Waals surface area contributed by atoms with E-state index in [1.54, 1.807) is 14.1 Å². The van der Waals surface area contributed by atoms with Gasteiger partial charge in [-0.25, -0.2) is 0 Å². The van der Waals surface area contributed by atoms with Crippen molar-refractivity contribution in [2.24, 2.45) is 29.4 Å². The normalized spacial score (nSPS) is 33.7. The Labute approximate surface area is 244 Å². The molecular formula is C31H40N4O7. The summed E-state index contributed by atoms with van der Waals surface area (Å²) in [5.41, 5.74) is 3.96. The maximum Gasteiger partial charge on any atom is 0.255 e. The number of carbonyl (C=O) groups excluding carboxylic acids is 3. The fraction of sp³-hybridized carbons (Fsp3) is 0.581. The zero-order valence-electron chi connectivity index (χ0n) is 24.5. The second-order valence-corrected chi connectivity index (χ2v) is 13.3. The number of amides is 1. The quantitative estimate of drug-likeness (QED) is 0.269. The molecule has 1 aromatic rings. The Morgan fingerprint density at radius 3 is 2.38 bits per heavy atom. The van der Waals surface area contributed by atoms with Crippen LogP contribution in [0.2, 0.25) is 0 Å². The molecule has 42 heavy (non-hydrogen) atoms. The molecule has 3 saturated carbocycles. The van der Waals surface area contributed by atoms with Crippen LogP contribution in [-0.2, 0) is 27.3 Å². The summed E-state index contributed by atoms with van der Waals surface area (Å²) in [6, 6.07) is 1.18. The largest absolute Gasteiger partial charge is 0.508 e. The van der Waals surface area contributed by atoms with Crippen molar-refractivity contribution < 1.29 is 34.8 Å². The maximum absolute atomic E-state index is 14.1. The first-order valence-corrected chi connectivity index (χ1v) is 14.7. The molecule has 11 heteroatoms. The van der Waals surface area contributed by atoms with Gasteiger partial charge < -0.3 is 36.4 Å². The summed E-state index contributed by atoms with van der Waals surface area (Å²) >= 11 is 0. The number of hydrogen-bond donors (Lipinski definition) is 6. The van der Waals surface area contributed by atoms with Gasteiger partial charge in [-0.2, -0.15) is 0 Å². The van der Waals surface area contributed by atoms with Gasteiger partial charge in [-0.15, -0.1) is 0 Å². The molecule has 0 spiro atoms. The molecule has 226 valence electrons. The molecule has 0 aromatic heterocycles. The second kappa shape index (κ2) is 9.82. The van der Waals surface area contributed by atoms with E-state index < -0.39 is 58.0 Å². The van der Waals surface area contributed by atoms with Crippen LogP contribution in [0.4, 0.5) is 5.69 Å². The number of benzene rings is 1. The van der Waals surface area contributed by atoms with Crippen LogP contribution in [0.5, 0.6) is 5.75 Å². The molecule has 1 amide bonds. The number of anilines is 1. The number of primary amides is 1. The lowest BCUT2D eigenvalue weighted by molar-refractivity contribution is -0.153. The van der Waals surface area contributed by atoms with Crippen molar-refractivity contribution in [3.05, 3.63) is 39.7 Å². The van der Waals surface area contributed by atoms with E-state index in [0.29, 0.717) is 29.6 Å². The number of ketones is 2. The smallest absolute Gasteiger partial charge is 0.255 e. The highest BCUT2D eigenvalue weighted by Gasteiger charge is 2.64. The molecule has 1 unspecified atom stereocenters. The van der Waals surface area contributed by atoms with E-state index in [4.69, 9.17) is 5.73 Å². The molecular weight excluding hydrogens is 540 g/mol. The molecule has 5 aliphatic rings. The molecule has 11 nitrogen and oxygen atoms in total. The average Bonchev–Trinajstić information content (AvgIpc) is 3.53. The topological polar surface area (TPSA) is 177 Å². The lowest BCUT2D eigenvalue weighted by Crippen LogP contribution is -2.65. The number of phenols is 1. The monoisotopic (exact) mass is 580 g/mol. The van der Waals surface area contributed by atoms with Crippen LogP contribution in [0.25, 0.3) is 5.76 Å². The summed E-state index contributed by atoms with van der Waals surface area (Å²) in [5, 5.41) is 49.7. The van der Waals surface area contributed by atoms with Crippen LogP contribution in [-0.4, -0.2) is 88.7 Å². The summed E-state index contributed by atoms with van der Waals surface area (Å²) in [4.78, 5) is 43.0. The number of aromatic hydroxyl groups is 1. The number of phenolic OH excluding ortho intramolecular Hbond substituents is 1. The molecule has 6 rings (SSSR count). The Balaban J connectivity index is 1.46. The van der Waals surface area contributed by atoms with Gasteiger partial charge in [0, 0.05) is 49.4 Å². The predicted octanol–water partition coefficient (Wildman–Crippen LogP) is 1.31. The second-order valence-electron chi connectivity index (χ2n) is 13.3. The van der Waals surface area contributed by atoms with Gasteiger partial charge in [0.05, 0.1) is 11.6 Å². The van der Waals surface area contributed by atoms with Gasteiger partial charge in [0.25, 0.3) is 5.91 Å². The van der Waals surface area contributed by atoms with Gasteiger partial charge in [-0.1, -0.05) is 6.42 Å². The maximum atomic E-state index is 14.1. The average molecular weight is 581 g/mol. The molecule has 0 aliphatic heterocycles. The zero-order valence-corrected chi connectivity index (χ0v) is 24.5. The van der Waals surface area contributed by atoms with Gasteiger partial charge in [-0.3, -0.25) is 19.3 Å². The Hall–Kier alpha value is -3.41. The Bertz CT molecular complexity index is 1460. The highest BCUT2D eigenvalue weighted by molar-refractivity contribution is 6.24. The van der Waals surface area contributed by atoms with E-state index in [9.17, 15) is 34.8 Å². The van der Waals surface area contributed by atoms with Crippen LogP contribution in [0.15, 0.2) is 23.0 Å². The summed E-state index contributed by atoms with van der Waals surface area (Å²) in [6.07, 6.45) is 5.15. The third-order valence-corrected chi connectivity index (χ3v) is 10.6. The van der Waals surface area contributed by atoms with Gasteiger partial charge in [0.1, 0.15) is 22.8 Å². The van der Waals surface area contributed by atoms with Crippen LogP contribution in [0, 0.1) is 23.7 Å². The van der Waals surface area contributed by atoms with Crippen molar-refractivity contribution in [3.8, 4) is 5.75 Å². The van der Waals surface area contributed by atoms with Crippen LogP contribution in [0.1, 0.15) is 48.8 Å².